The van der Waals surface area contributed by atoms with Crippen LogP contribution < -0.4 is 0 Å². The third-order valence-electron chi connectivity index (χ3n) is 4.97. The number of carbonyl (C=O) groups excluding carboxylic acids is 2. The molecule has 1 aliphatic carbocycles. The molecule has 1 saturated carbocycles. The molecule has 1 fully saturated rings. The Labute approximate surface area is 123 Å². The van der Waals surface area contributed by atoms with Gasteiger partial charge < -0.3 is 10.2 Å². The molecule has 2 amide bonds. The Morgan fingerprint density at radius 2 is 1.67 bits per heavy atom. The van der Waals surface area contributed by atoms with Crippen molar-refractivity contribution >= 4 is 11.8 Å². The van der Waals surface area contributed by atoms with Crippen LogP contribution in [0, 0.1) is 0 Å². The summed E-state index contributed by atoms with van der Waals surface area (Å²) >= 11 is 0. The van der Waals surface area contributed by atoms with Gasteiger partial charge in [-0.05, 0) is 31.9 Å². The van der Waals surface area contributed by atoms with Crippen LogP contribution in [-0.2, 0) is 0 Å². The first-order valence-electron chi connectivity index (χ1n) is 7.46. The Bertz CT molecular complexity index is 563. The van der Waals surface area contributed by atoms with E-state index in [4.69, 9.17) is 0 Å². The van der Waals surface area contributed by atoms with Gasteiger partial charge in [-0.25, -0.2) is 9.59 Å². The maximum atomic E-state index is 12.9. The summed E-state index contributed by atoms with van der Waals surface area (Å²) in [7, 11) is 0. The van der Waals surface area contributed by atoms with E-state index in [0.29, 0.717) is 36.9 Å². The third kappa shape index (κ3) is 1.81. The van der Waals surface area contributed by atoms with Gasteiger partial charge in [0.05, 0.1) is 23.8 Å². The first-order chi connectivity index (χ1) is 10.0. The highest BCUT2D eigenvalue weighted by atomic mass is 16.3. The molecule has 1 aromatic rings. The van der Waals surface area contributed by atoms with Gasteiger partial charge in [0, 0.05) is 6.42 Å². The van der Waals surface area contributed by atoms with Gasteiger partial charge >= 0.3 is 11.8 Å². The van der Waals surface area contributed by atoms with E-state index in [9.17, 15) is 19.8 Å². The van der Waals surface area contributed by atoms with Crippen LogP contribution in [0.2, 0.25) is 0 Å². The van der Waals surface area contributed by atoms with E-state index in [1.54, 1.807) is 31.2 Å². The number of aliphatic hydroxyl groups excluding tert-OH is 2. The molecule has 2 N–H and O–H groups in total. The largest absolute Gasteiger partial charge is 0.390 e. The second-order valence-electron chi connectivity index (χ2n) is 5.90. The number of rotatable bonds is 2. The number of likely N-dealkylation sites (N-methyl/N-ethyl adjacent to an activating group) is 1. The van der Waals surface area contributed by atoms with E-state index in [2.05, 4.69) is 0 Å². The fourth-order valence-electron chi connectivity index (χ4n) is 3.82. The highest BCUT2D eigenvalue weighted by Gasteiger charge is 2.60. The van der Waals surface area contributed by atoms with Crippen molar-refractivity contribution in [2.75, 3.05) is 6.54 Å². The van der Waals surface area contributed by atoms with Crippen molar-refractivity contribution < 1.29 is 24.3 Å². The van der Waals surface area contributed by atoms with Crippen molar-refractivity contribution in [3.8, 4) is 0 Å². The summed E-state index contributed by atoms with van der Waals surface area (Å²) in [5.74, 6) is -0.507. The number of benzene rings is 1. The van der Waals surface area contributed by atoms with E-state index < -0.39 is 22.7 Å². The van der Waals surface area contributed by atoms with E-state index in [-0.39, 0.29) is 11.8 Å². The van der Waals surface area contributed by atoms with Crippen LogP contribution in [-0.4, -0.2) is 51.3 Å². The van der Waals surface area contributed by atoms with Crippen molar-refractivity contribution in [1.82, 2.24) is 0 Å². The molecule has 1 aromatic carbocycles. The van der Waals surface area contributed by atoms with Crippen molar-refractivity contribution in [1.29, 1.82) is 0 Å². The van der Waals surface area contributed by atoms with Crippen molar-refractivity contribution in [2.45, 2.75) is 44.4 Å². The number of quaternary nitrogens is 1. The standard InChI is InChI=1S/C16H20NO4/c1-2-17(12-8-5-9-13(18)14(12)19)15(20)10-6-3-4-7-11(10)16(17)21/h3-4,6-7,12-14,18-19H,2,5,8-9H2,1H3/q+1. The number of imide groups is 1. The van der Waals surface area contributed by atoms with Gasteiger partial charge in [0.2, 0.25) is 0 Å². The summed E-state index contributed by atoms with van der Waals surface area (Å²) in [5.41, 5.74) is 0.855. The highest BCUT2D eigenvalue weighted by Crippen LogP contribution is 2.38. The van der Waals surface area contributed by atoms with Crippen molar-refractivity contribution in [3.05, 3.63) is 35.4 Å². The average molecular weight is 290 g/mol. The van der Waals surface area contributed by atoms with Gasteiger partial charge in [0.25, 0.3) is 0 Å². The van der Waals surface area contributed by atoms with E-state index >= 15 is 0 Å². The minimum absolute atomic E-state index is 0.253. The normalized spacial score (nSPS) is 31.3. The summed E-state index contributed by atoms with van der Waals surface area (Å²) in [6.45, 7) is 2.08. The molecule has 5 nitrogen and oxygen atoms in total. The summed E-state index contributed by atoms with van der Waals surface area (Å²) in [6, 6.07) is 6.25. The Hall–Kier alpha value is -1.56. The number of hydrogen-bond donors (Lipinski definition) is 2. The van der Waals surface area contributed by atoms with Crippen LogP contribution in [0.25, 0.3) is 0 Å². The Kier molecular flexibility index (Phi) is 3.43. The average Bonchev–Trinajstić information content (AvgIpc) is 2.72. The molecule has 0 aromatic heterocycles. The molecule has 5 heteroatoms. The number of carbonyl (C=O) groups is 2. The molecule has 112 valence electrons. The molecule has 0 radical (unpaired) electrons. The maximum absolute atomic E-state index is 12.9. The minimum Gasteiger partial charge on any atom is -0.390 e. The number of hydrogen-bond acceptors (Lipinski definition) is 4. The van der Waals surface area contributed by atoms with Crippen LogP contribution in [0.1, 0.15) is 46.9 Å². The van der Waals surface area contributed by atoms with E-state index in [1.807, 2.05) is 0 Å². The van der Waals surface area contributed by atoms with Crippen LogP contribution in [0.3, 0.4) is 0 Å². The lowest BCUT2D eigenvalue weighted by atomic mass is 9.87. The predicted molar refractivity (Wildman–Crippen MR) is 75.6 cm³/mol. The van der Waals surface area contributed by atoms with Crippen LogP contribution in [0.15, 0.2) is 24.3 Å². The van der Waals surface area contributed by atoms with Gasteiger partial charge in [-0.2, -0.15) is 4.48 Å². The van der Waals surface area contributed by atoms with E-state index in [0.717, 1.165) is 0 Å². The van der Waals surface area contributed by atoms with Crippen LogP contribution >= 0.6 is 0 Å². The first-order valence-corrected chi connectivity index (χ1v) is 7.46. The second-order valence-corrected chi connectivity index (χ2v) is 5.90. The smallest absolute Gasteiger partial charge is 0.354 e. The maximum Gasteiger partial charge on any atom is 0.354 e. The summed E-state index contributed by atoms with van der Waals surface area (Å²) < 4.78 is -0.391. The Balaban J connectivity index is 2.10. The number of amides is 2. The molecule has 1 aliphatic heterocycles. The molecule has 3 atom stereocenters. The van der Waals surface area contributed by atoms with Gasteiger partial charge in [-0.3, -0.25) is 0 Å². The fraction of sp³-hybridized carbons (Fsp3) is 0.500. The Morgan fingerprint density at radius 1 is 1.10 bits per heavy atom. The predicted octanol–water partition coefficient (Wildman–Crippen LogP) is 1.09. The molecule has 21 heavy (non-hydrogen) atoms. The lowest BCUT2D eigenvalue weighted by Crippen LogP contribution is -2.66. The molecule has 2 aliphatic rings. The zero-order chi connectivity index (χ0) is 15.2. The summed E-state index contributed by atoms with van der Waals surface area (Å²) in [5, 5.41) is 20.3. The van der Waals surface area contributed by atoms with Gasteiger partial charge in [-0.15, -0.1) is 0 Å². The molecule has 0 bridgehead atoms. The molecule has 3 rings (SSSR count). The van der Waals surface area contributed by atoms with Gasteiger partial charge in [0.15, 0.2) is 0 Å². The molecule has 1 heterocycles. The topological polar surface area (TPSA) is 74.6 Å². The van der Waals surface area contributed by atoms with Gasteiger partial charge in [-0.1, -0.05) is 12.1 Å². The SMILES string of the molecule is CC[N+]1(C2CCCC(O)C2O)C(=O)c2ccccc2C1=O. The number of fused-ring (bicyclic) bond motifs is 1. The molecule has 3 unspecified atom stereocenters. The van der Waals surface area contributed by atoms with Crippen LogP contribution in [0.4, 0.5) is 0 Å². The molecule has 0 saturated heterocycles. The lowest BCUT2D eigenvalue weighted by molar-refractivity contribution is -0.797. The highest BCUT2D eigenvalue weighted by molar-refractivity contribution is 6.14. The first kappa shape index (κ1) is 14.4. The number of aliphatic hydroxyl groups is 2. The monoisotopic (exact) mass is 290 g/mol. The van der Waals surface area contributed by atoms with E-state index in [1.165, 1.54) is 0 Å². The molecule has 0 spiro atoms. The minimum atomic E-state index is -1.04. The zero-order valence-corrected chi connectivity index (χ0v) is 12.0. The van der Waals surface area contributed by atoms with Gasteiger partial charge in [0.1, 0.15) is 12.1 Å². The zero-order valence-electron chi connectivity index (χ0n) is 12.0. The summed E-state index contributed by atoms with van der Waals surface area (Å²) in [4.78, 5) is 25.7. The molecular formula is C16H20NO4+. The number of nitrogens with zero attached hydrogens (tertiary/aromatic N) is 1. The summed E-state index contributed by atoms with van der Waals surface area (Å²) in [6.07, 6.45) is -0.121. The van der Waals surface area contributed by atoms with Crippen molar-refractivity contribution in [2.24, 2.45) is 0 Å². The van der Waals surface area contributed by atoms with Crippen molar-refractivity contribution in [3.63, 3.8) is 0 Å². The third-order valence-corrected chi connectivity index (χ3v) is 4.97. The van der Waals surface area contributed by atoms with Crippen LogP contribution in [0.5, 0.6) is 0 Å². The fourth-order valence-corrected chi connectivity index (χ4v) is 3.82. The quantitative estimate of drug-likeness (QED) is 0.631. The second kappa shape index (κ2) is 5.02. The lowest BCUT2D eigenvalue weighted by Gasteiger charge is -2.42. The molecular weight excluding hydrogens is 270 g/mol. The Morgan fingerprint density at radius 3 is 2.19 bits per heavy atom.